The number of carbonyl (C=O) groups excluding carboxylic acids is 1. The molecule has 2 rings (SSSR count). The summed E-state index contributed by atoms with van der Waals surface area (Å²) in [7, 11) is 0. The van der Waals surface area contributed by atoms with Gasteiger partial charge in [0.1, 0.15) is 11.4 Å². The average molecular weight is 327 g/mol. The van der Waals surface area contributed by atoms with Crippen molar-refractivity contribution in [3.05, 3.63) is 23.8 Å². The van der Waals surface area contributed by atoms with E-state index in [2.05, 4.69) is 19.2 Å². The molecule has 0 fully saturated rings. The number of amides is 1. The molecule has 1 aliphatic rings. The van der Waals surface area contributed by atoms with Crippen molar-refractivity contribution in [1.82, 2.24) is 5.32 Å². The topological polar surface area (TPSA) is 64.3 Å². The number of nitrogens with one attached hydrogen (secondary N) is 1. The van der Waals surface area contributed by atoms with E-state index < -0.39 is 0 Å². The molecule has 1 aromatic rings. The molecular formula is C17H27ClN2O2. The zero-order valence-electron chi connectivity index (χ0n) is 14.0. The van der Waals surface area contributed by atoms with Crippen LogP contribution in [0.1, 0.15) is 52.6 Å². The molecule has 5 heteroatoms. The molecule has 0 saturated carbocycles. The van der Waals surface area contributed by atoms with Crippen LogP contribution in [0.15, 0.2) is 18.2 Å². The zero-order valence-corrected chi connectivity index (χ0v) is 14.8. The largest absolute Gasteiger partial charge is 0.487 e. The third-order valence-corrected chi connectivity index (χ3v) is 4.22. The van der Waals surface area contributed by atoms with Gasteiger partial charge >= 0.3 is 0 Å². The Morgan fingerprint density at radius 1 is 1.36 bits per heavy atom. The van der Waals surface area contributed by atoms with Crippen molar-refractivity contribution in [2.75, 3.05) is 5.73 Å². The van der Waals surface area contributed by atoms with Gasteiger partial charge in [-0.15, -0.1) is 12.4 Å². The number of hydrogen-bond donors (Lipinski definition) is 2. The van der Waals surface area contributed by atoms with Gasteiger partial charge in [-0.3, -0.25) is 4.79 Å². The summed E-state index contributed by atoms with van der Waals surface area (Å²) in [6, 6.07) is 5.56. The number of anilines is 1. The number of halogens is 1. The van der Waals surface area contributed by atoms with E-state index in [0.717, 1.165) is 17.7 Å². The molecule has 0 aliphatic carbocycles. The summed E-state index contributed by atoms with van der Waals surface area (Å²) in [5, 5.41) is 3.16. The van der Waals surface area contributed by atoms with Gasteiger partial charge < -0.3 is 15.8 Å². The molecule has 1 aromatic carbocycles. The van der Waals surface area contributed by atoms with Crippen molar-refractivity contribution in [3.63, 3.8) is 0 Å². The molecule has 124 valence electrons. The third-order valence-electron chi connectivity index (χ3n) is 4.22. The number of benzene rings is 1. The molecule has 2 unspecified atom stereocenters. The maximum Gasteiger partial charge on any atom is 0.223 e. The van der Waals surface area contributed by atoms with Gasteiger partial charge in [0.15, 0.2) is 0 Å². The molecule has 0 radical (unpaired) electrons. The number of ether oxygens (including phenoxy) is 1. The van der Waals surface area contributed by atoms with Gasteiger partial charge in [0.25, 0.3) is 0 Å². The van der Waals surface area contributed by atoms with Crippen molar-refractivity contribution >= 4 is 24.0 Å². The lowest BCUT2D eigenvalue weighted by molar-refractivity contribution is -0.127. The zero-order chi connectivity index (χ0) is 15.8. The molecule has 1 aliphatic heterocycles. The van der Waals surface area contributed by atoms with Crippen LogP contribution in [0.25, 0.3) is 0 Å². The first kappa shape index (κ1) is 18.6. The summed E-state index contributed by atoms with van der Waals surface area (Å²) in [4.78, 5) is 12.4. The minimum Gasteiger partial charge on any atom is -0.487 e. The Bertz CT molecular complexity index is 543. The van der Waals surface area contributed by atoms with Gasteiger partial charge in [-0.1, -0.05) is 20.8 Å². The molecule has 3 N–H and O–H groups in total. The highest BCUT2D eigenvalue weighted by Crippen LogP contribution is 2.40. The van der Waals surface area contributed by atoms with Crippen LogP contribution >= 0.6 is 12.4 Å². The van der Waals surface area contributed by atoms with Crippen molar-refractivity contribution in [2.45, 2.75) is 52.7 Å². The second kappa shape index (κ2) is 6.78. The fourth-order valence-electron chi connectivity index (χ4n) is 2.61. The lowest BCUT2D eigenvalue weighted by Crippen LogP contribution is -2.43. The summed E-state index contributed by atoms with van der Waals surface area (Å²) < 4.78 is 5.99. The Hall–Kier alpha value is -1.42. The third kappa shape index (κ3) is 4.07. The van der Waals surface area contributed by atoms with Gasteiger partial charge in [0, 0.05) is 23.6 Å². The minimum absolute atomic E-state index is 0. The number of rotatable bonds is 3. The summed E-state index contributed by atoms with van der Waals surface area (Å²) in [5.74, 6) is 1.20. The molecule has 22 heavy (non-hydrogen) atoms. The molecule has 0 spiro atoms. The molecule has 1 heterocycles. The van der Waals surface area contributed by atoms with E-state index in [1.54, 1.807) is 0 Å². The number of fused-ring (bicyclic) bond motifs is 1. The summed E-state index contributed by atoms with van der Waals surface area (Å²) in [5.41, 5.74) is 7.24. The van der Waals surface area contributed by atoms with Crippen LogP contribution in [0.5, 0.6) is 5.75 Å². The normalized spacial score (nSPS) is 20.4. The van der Waals surface area contributed by atoms with Crippen LogP contribution in [-0.4, -0.2) is 11.5 Å². The van der Waals surface area contributed by atoms with E-state index in [9.17, 15) is 4.79 Å². The highest BCUT2D eigenvalue weighted by atomic mass is 35.5. The molecule has 4 nitrogen and oxygen atoms in total. The van der Waals surface area contributed by atoms with Gasteiger partial charge in [-0.25, -0.2) is 0 Å². The molecular weight excluding hydrogens is 300 g/mol. The summed E-state index contributed by atoms with van der Waals surface area (Å²) in [6.07, 6.45) is 0.736. The van der Waals surface area contributed by atoms with E-state index in [0.29, 0.717) is 11.6 Å². The first-order valence-corrected chi connectivity index (χ1v) is 7.58. The average Bonchev–Trinajstić information content (AvgIpc) is 2.37. The Morgan fingerprint density at radius 3 is 2.59 bits per heavy atom. The highest BCUT2D eigenvalue weighted by molar-refractivity contribution is 5.85. The van der Waals surface area contributed by atoms with Crippen LogP contribution in [0, 0.1) is 11.8 Å². The summed E-state index contributed by atoms with van der Waals surface area (Å²) in [6.45, 7) is 10.2. The number of carbonyl (C=O) groups is 1. The lowest BCUT2D eigenvalue weighted by Gasteiger charge is -2.38. The van der Waals surface area contributed by atoms with Crippen LogP contribution < -0.4 is 15.8 Å². The van der Waals surface area contributed by atoms with E-state index >= 15 is 0 Å². The number of hydrogen-bond acceptors (Lipinski definition) is 3. The SMILES string of the molecule is CC(C)C(C)C(=O)NC1CC(C)(C)Oc2ccc(N)cc21.Cl. The first-order chi connectivity index (χ1) is 9.69. The fourth-order valence-corrected chi connectivity index (χ4v) is 2.61. The van der Waals surface area contributed by atoms with Crippen LogP contribution in [-0.2, 0) is 4.79 Å². The predicted molar refractivity (Wildman–Crippen MR) is 92.3 cm³/mol. The second-order valence-electron chi connectivity index (χ2n) is 6.96. The van der Waals surface area contributed by atoms with E-state index in [4.69, 9.17) is 10.5 Å². The number of nitrogens with two attached hydrogens (primary N) is 1. The first-order valence-electron chi connectivity index (χ1n) is 7.58. The van der Waals surface area contributed by atoms with Crippen LogP contribution in [0.3, 0.4) is 0 Å². The van der Waals surface area contributed by atoms with Crippen LogP contribution in [0.4, 0.5) is 5.69 Å². The Morgan fingerprint density at radius 2 is 2.00 bits per heavy atom. The van der Waals surface area contributed by atoms with Crippen molar-refractivity contribution in [1.29, 1.82) is 0 Å². The van der Waals surface area contributed by atoms with E-state index in [1.165, 1.54) is 0 Å². The standard InChI is InChI=1S/C17H26N2O2.ClH/c1-10(2)11(3)16(20)19-14-9-17(4,5)21-15-7-6-12(18)8-13(14)15;/h6-8,10-11,14H,9,18H2,1-5H3,(H,19,20);1H. The summed E-state index contributed by atoms with van der Waals surface area (Å²) >= 11 is 0. The molecule has 0 bridgehead atoms. The Balaban J connectivity index is 0.00000242. The van der Waals surface area contributed by atoms with E-state index in [1.807, 2.05) is 39.0 Å². The maximum absolute atomic E-state index is 12.4. The second-order valence-corrected chi connectivity index (χ2v) is 6.96. The van der Waals surface area contributed by atoms with Crippen molar-refractivity contribution in [2.24, 2.45) is 11.8 Å². The number of nitrogen functional groups attached to an aromatic ring is 1. The molecule has 2 atom stereocenters. The minimum atomic E-state index is -0.303. The smallest absolute Gasteiger partial charge is 0.223 e. The van der Waals surface area contributed by atoms with Gasteiger partial charge in [-0.2, -0.15) is 0 Å². The van der Waals surface area contributed by atoms with E-state index in [-0.39, 0.29) is 35.9 Å². The van der Waals surface area contributed by atoms with Gasteiger partial charge in [0.2, 0.25) is 5.91 Å². The molecule has 0 saturated heterocycles. The Labute approximate surface area is 139 Å². The fraction of sp³-hybridized carbons (Fsp3) is 0.588. The molecule has 0 aromatic heterocycles. The maximum atomic E-state index is 12.4. The predicted octanol–water partition coefficient (Wildman–Crippen LogP) is 3.70. The molecule has 1 amide bonds. The quantitative estimate of drug-likeness (QED) is 0.832. The van der Waals surface area contributed by atoms with Crippen molar-refractivity contribution in [3.8, 4) is 5.75 Å². The van der Waals surface area contributed by atoms with Gasteiger partial charge in [0.05, 0.1) is 6.04 Å². The van der Waals surface area contributed by atoms with Gasteiger partial charge in [-0.05, 0) is 38.0 Å². The van der Waals surface area contributed by atoms with Crippen LogP contribution in [0.2, 0.25) is 0 Å². The highest BCUT2D eigenvalue weighted by Gasteiger charge is 2.35. The monoisotopic (exact) mass is 326 g/mol. The van der Waals surface area contributed by atoms with Crippen molar-refractivity contribution < 1.29 is 9.53 Å². The lowest BCUT2D eigenvalue weighted by atomic mass is 9.88. The Kier molecular flexibility index (Phi) is 5.74.